The third kappa shape index (κ3) is 58.3. The summed E-state index contributed by atoms with van der Waals surface area (Å²) in [6, 6.07) is 4.51. The predicted molar refractivity (Wildman–Crippen MR) is 510 cm³/mol. The maximum Gasteiger partial charge on any atom is 0.328 e. The van der Waals surface area contributed by atoms with Gasteiger partial charge in [0.2, 0.25) is 59.1 Å². The Morgan fingerprint density at radius 1 is 0.347 bits per heavy atom. The Morgan fingerprint density at radius 3 is 1.26 bits per heavy atom. The lowest BCUT2D eigenvalue weighted by Crippen LogP contribution is -2.51. The molecule has 2 aromatic carbocycles. The number of urea groups is 1. The number of carboxylic acids is 8. The summed E-state index contributed by atoms with van der Waals surface area (Å²) in [6.07, 6.45) is 0.162. The van der Waals surface area contributed by atoms with E-state index in [1.807, 2.05) is 56.3 Å². The minimum atomic E-state index is -1.60. The van der Waals surface area contributed by atoms with E-state index in [4.69, 9.17) is 43.4 Å². The Hall–Kier alpha value is -12.5. The molecule has 1 saturated heterocycles. The fourth-order valence-corrected chi connectivity index (χ4v) is 15.1. The third-order valence-electron chi connectivity index (χ3n) is 22.8. The van der Waals surface area contributed by atoms with Gasteiger partial charge in [-0.2, -0.15) is 0 Å². The number of rotatable bonds is 74. The van der Waals surface area contributed by atoms with Crippen molar-refractivity contribution in [3.8, 4) is 0 Å². The number of carbonyl (C=O) groups excluding carboxylic acids is 12. The number of nitrogens with zero attached hydrogens (tertiary/aromatic N) is 4. The molecule has 2 aromatic rings. The van der Waals surface area contributed by atoms with Gasteiger partial charge in [-0.25, -0.2) is 24.0 Å². The molecule has 144 heavy (non-hydrogen) atoms. The molecule has 0 radical (unpaired) electrons. The van der Waals surface area contributed by atoms with Crippen molar-refractivity contribution in [1.82, 2.24) is 83.4 Å². The minimum absolute atomic E-state index is 0.000591. The molecule has 1 aliphatic heterocycles. The van der Waals surface area contributed by atoms with Gasteiger partial charge < -0.3 is 138 Å². The SMILES string of the molecule is CC(C)C[C@H](NC(=O)COCCOCCNC(=O)COCCOCCNC(=O)CC[C@H](NC(=O)CCC(=O)O)C(=O)O)C(=O)O[C@@H](C)CCC(=O)NCCOCCOCC(=O)N[C@@H](CCCCNC(=O)CN1CCN(CC(=O)O)CCN(CC(=O)O)CCN(CC(=O)O)CC1)C(=O)NCC1CCC(C(=O)N[C@@H](Cc2ccc3ccccc3c2)C(=O)NCCCC[C@H](NC(=O)N[C@@H](CCC(=O)O)C(=O)O)C(=O)O)CC1. The van der Waals surface area contributed by atoms with Crippen LogP contribution < -0.4 is 63.8 Å². The van der Waals surface area contributed by atoms with E-state index in [1.165, 1.54) is 0 Å². The number of hydrogen-bond acceptors (Lipinski definition) is 31. The van der Waals surface area contributed by atoms with Crippen LogP contribution in [0.3, 0.4) is 0 Å². The van der Waals surface area contributed by atoms with Crippen molar-refractivity contribution >= 4 is 130 Å². The molecule has 51 heteroatoms. The summed E-state index contributed by atoms with van der Waals surface area (Å²) in [5.74, 6) is -16.6. The molecule has 7 atom stereocenters. The van der Waals surface area contributed by atoms with Crippen LogP contribution in [0.4, 0.5) is 4.79 Å². The quantitative estimate of drug-likeness (QED) is 0.0237. The highest BCUT2D eigenvalue weighted by molar-refractivity contribution is 5.92. The van der Waals surface area contributed by atoms with Crippen molar-refractivity contribution in [2.24, 2.45) is 17.8 Å². The van der Waals surface area contributed by atoms with E-state index >= 15 is 0 Å². The number of hydrogen-bond donors (Lipinski definition) is 20. The van der Waals surface area contributed by atoms with Crippen LogP contribution in [0, 0.1) is 17.8 Å². The number of fused-ring (bicyclic) bond motifs is 1. The summed E-state index contributed by atoms with van der Waals surface area (Å²) in [4.78, 5) is 256. The van der Waals surface area contributed by atoms with Crippen LogP contribution >= 0.6 is 0 Å². The third-order valence-corrected chi connectivity index (χ3v) is 22.8. The van der Waals surface area contributed by atoms with Gasteiger partial charge in [0.15, 0.2) is 0 Å². The number of carboxylic acid groups (broad SMARTS) is 8. The molecule has 1 heterocycles. The average molecular weight is 2050 g/mol. The fourth-order valence-electron chi connectivity index (χ4n) is 15.1. The van der Waals surface area contributed by atoms with E-state index in [9.17, 15) is 127 Å². The van der Waals surface area contributed by atoms with Crippen LogP contribution in [0.15, 0.2) is 42.5 Å². The second kappa shape index (κ2) is 71.9. The summed E-state index contributed by atoms with van der Waals surface area (Å²) in [5, 5.41) is 108. The monoisotopic (exact) mass is 2050 g/mol. The van der Waals surface area contributed by atoms with Gasteiger partial charge in [0.05, 0.1) is 98.2 Å². The van der Waals surface area contributed by atoms with E-state index in [0.717, 1.165) is 16.3 Å². The first-order valence-corrected chi connectivity index (χ1v) is 48.4. The second-order valence-corrected chi connectivity index (χ2v) is 35.3. The van der Waals surface area contributed by atoms with E-state index < -0.39 is 194 Å². The maximum absolute atomic E-state index is 14.2. The largest absolute Gasteiger partial charge is 0.481 e. The number of amides is 12. The fraction of sp³-hybridized carbons (Fsp3) is 0.677. The van der Waals surface area contributed by atoms with Gasteiger partial charge in [0.25, 0.3) is 0 Å². The molecule has 2 aliphatic rings. The van der Waals surface area contributed by atoms with Gasteiger partial charge in [0, 0.05) is 130 Å². The number of aliphatic carboxylic acids is 8. The van der Waals surface area contributed by atoms with Crippen LogP contribution in [0.5, 0.6) is 0 Å². The van der Waals surface area contributed by atoms with Gasteiger partial charge in [-0.15, -0.1) is 0 Å². The van der Waals surface area contributed by atoms with Crippen LogP contribution in [0.25, 0.3) is 10.8 Å². The molecule has 0 bridgehead atoms. The minimum Gasteiger partial charge on any atom is -0.481 e. The highest BCUT2D eigenvalue weighted by Gasteiger charge is 2.34. The van der Waals surface area contributed by atoms with Gasteiger partial charge in [-0.1, -0.05) is 56.3 Å². The van der Waals surface area contributed by atoms with Crippen molar-refractivity contribution in [3.05, 3.63) is 48.0 Å². The molecule has 0 aromatic heterocycles. The normalized spacial score (nSPS) is 15.9. The molecule has 1 aliphatic carbocycles. The van der Waals surface area contributed by atoms with Crippen molar-refractivity contribution in [2.75, 3.05) is 197 Å². The molecule has 4 rings (SSSR count). The maximum atomic E-state index is 14.2. The van der Waals surface area contributed by atoms with E-state index in [2.05, 4.69) is 63.8 Å². The number of nitrogens with one attached hydrogen (secondary N) is 12. The zero-order chi connectivity index (χ0) is 106. The number of benzene rings is 2. The molecule has 0 unspecified atom stereocenters. The lowest BCUT2D eigenvalue weighted by molar-refractivity contribution is -0.154. The van der Waals surface area contributed by atoms with Crippen molar-refractivity contribution in [2.45, 2.75) is 192 Å². The standard InChI is InChI=1S/C93H146N16O35/c1-61(2)50-73(102-80(116)60-143-49-46-140-43-32-97-78(114)58-141-47-44-138-42-31-96-75(111)24-21-70(90(132)133)101-76(112)25-27-82(119)120)92(136)144-62(3)14-23-74(110)95-30-41-139-45-48-142-59-79(115)100-68(12-6-8-28-94-77(113)54-106-33-35-107(55-83(121)122)37-39-109(57-85(125)126)40-38-108(36-34-106)56-84(123)124)87(128)99-53-63-15-19-66(20-16-63)86(127)103-72(52-64-17-18-65-10-4-5-11-67(65)51-64)88(129)98-29-9-7-13-69(89(130)131)104-93(137)105-71(91(134)135)22-26-81(117)118/h4-5,10-11,17-18,51,61-63,66,68-73H,6-9,12-16,19-50,52-60H2,1-3H3,(H,94,113)(H,95,110)(H,96,111)(H,97,114)(H,98,129)(H,99,128)(H,100,115)(H,101,112)(H,102,116)(H,103,127)(H,117,118)(H,119,120)(H,121,122)(H,123,124)(H,125,126)(H,130,131)(H,132,133)(H,134,135)(H2,104,105,137)/t62-,63?,66?,68-,69-,70-,71-,72-,73-/m0/s1. The molecule has 12 amide bonds. The molecule has 51 nitrogen and oxygen atoms in total. The molecular formula is C93H146N16O35. The van der Waals surface area contributed by atoms with Gasteiger partial charge >= 0.3 is 59.8 Å². The van der Waals surface area contributed by atoms with Crippen LogP contribution in [-0.2, 0) is 131 Å². The van der Waals surface area contributed by atoms with E-state index in [0.29, 0.717) is 38.5 Å². The van der Waals surface area contributed by atoms with Gasteiger partial charge in [0.1, 0.15) is 56.1 Å². The first-order valence-electron chi connectivity index (χ1n) is 48.4. The Bertz CT molecular complexity index is 4380. The number of carbonyl (C=O) groups is 20. The van der Waals surface area contributed by atoms with Gasteiger partial charge in [-0.05, 0) is 125 Å². The van der Waals surface area contributed by atoms with Crippen molar-refractivity contribution < 1.29 is 170 Å². The first kappa shape index (κ1) is 124. The Labute approximate surface area is 833 Å². The highest BCUT2D eigenvalue weighted by Crippen LogP contribution is 2.29. The summed E-state index contributed by atoms with van der Waals surface area (Å²) in [6.45, 7) is 5.56. The highest BCUT2D eigenvalue weighted by atomic mass is 16.6. The summed E-state index contributed by atoms with van der Waals surface area (Å²) >= 11 is 0. The van der Waals surface area contributed by atoms with E-state index in [-0.39, 0.29) is 272 Å². The molecule has 2 fully saturated rings. The van der Waals surface area contributed by atoms with Crippen LogP contribution in [0.2, 0.25) is 0 Å². The molecule has 808 valence electrons. The summed E-state index contributed by atoms with van der Waals surface area (Å²) in [5.41, 5.74) is 0.746. The van der Waals surface area contributed by atoms with Crippen LogP contribution in [0.1, 0.15) is 148 Å². The first-order chi connectivity index (χ1) is 68.7. The van der Waals surface area contributed by atoms with Crippen molar-refractivity contribution in [1.29, 1.82) is 0 Å². The molecular weight excluding hydrogens is 1900 g/mol. The molecule has 0 spiro atoms. The van der Waals surface area contributed by atoms with Crippen molar-refractivity contribution in [3.63, 3.8) is 0 Å². The van der Waals surface area contributed by atoms with Gasteiger partial charge in [-0.3, -0.25) is 91.5 Å². The second-order valence-electron chi connectivity index (χ2n) is 35.3. The zero-order valence-corrected chi connectivity index (χ0v) is 82.1. The molecule has 1 saturated carbocycles. The lowest BCUT2D eigenvalue weighted by Gasteiger charge is -2.32. The predicted octanol–water partition coefficient (Wildman–Crippen LogP) is -2.70. The number of ether oxygens (including phenoxy) is 7. The number of esters is 1. The Balaban J connectivity index is 1.23. The topological polar surface area (TPSA) is 725 Å². The average Bonchev–Trinajstić information content (AvgIpc) is 0.827. The number of unbranched alkanes of at least 4 members (excludes halogenated alkanes) is 2. The lowest BCUT2D eigenvalue weighted by atomic mass is 9.81. The van der Waals surface area contributed by atoms with E-state index in [1.54, 1.807) is 26.5 Å². The van der Waals surface area contributed by atoms with Crippen LogP contribution in [-0.4, -0.2) is 419 Å². The summed E-state index contributed by atoms with van der Waals surface area (Å²) in [7, 11) is 0. The smallest absolute Gasteiger partial charge is 0.328 e. The Morgan fingerprint density at radius 2 is 0.764 bits per heavy atom. The zero-order valence-electron chi connectivity index (χ0n) is 82.1. The Kier molecular flexibility index (Phi) is 61.8. The summed E-state index contributed by atoms with van der Waals surface area (Å²) < 4.78 is 38.4. The molecule has 20 N–H and O–H groups in total.